The summed E-state index contributed by atoms with van der Waals surface area (Å²) in [4.78, 5) is 0. The molecule has 0 spiro atoms. The number of allylic oxidation sites excluding steroid dienone is 1. The Hall–Kier alpha value is 0.740. The summed E-state index contributed by atoms with van der Waals surface area (Å²) >= 11 is 2.35. The van der Waals surface area contributed by atoms with E-state index in [0.29, 0.717) is 6.10 Å². The highest BCUT2D eigenvalue weighted by atomic mass is 127. The summed E-state index contributed by atoms with van der Waals surface area (Å²) in [6.45, 7) is 4.73. The first-order valence-corrected chi connectivity index (χ1v) is 15.6. The number of unbranched alkanes of at least 4 members (excludes halogenated alkanes) is 1. The first kappa shape index (κ1) is 22.9. The Labute approximate surface area is 195 Å². The fourth-order valence-electron chi connectivity index (χ4n) is 7.71. The first-order chi connectivity index (χ1) is 14.1. The van der Waals surface area contributed by atoms with Crippen LogP contribution < -0.4 is 0 Å². The number of fused-ring (bicyclic) bond motifs is 5. The van der Waals surface area contributed by atoms with E-state index in [2.05, 4.69) is 41.1 Å². The largest absolute Gasteiger partial charge is 0.381 e. The fraction of sp³-hybridized carbons (Fsp3) is 0.920. The Balaban J connectivity index is 1.44. The molecule has 0 aromatic carbocycles. The summed E-state index contributed by atoms with van der Waals surface area (Å²) in [5.74, 6) is 5.44. The Morgan fingerprint density at radius 3 is 2.69 bits per heavy atom. The van der Waals surface area contributed by atoms with Crippen LogP contribution in [0.4, 0.5) is 0 Å². The van der Waals surface area contributed by atoms with E-state index in [9.17, 15) is 0 Å². The number of hydrogen-bond acceptors (Lipinski definition) is 3. The van der Waals surface area contributed by atoms with E-state index in [1.165, 1.54) is 57.8 Å². The zero-order valence-electron chi connectivity index (χ0n) is 18.7. The van der Waals surface area contributed by atoms with Crippen LogP contribution >= 0.6 is 30.4 Å². The Kier molecular flexibility index (Phi) is 8.00. The van der Waals surface area contributed by atoms with Crippen LogP contribution in [0.2, 0.25) is 0 Å². The molecule has 4 heteroatoms. The number of rotatable bonds is 8. The van der Waals surface area contributed by atoms with Gasteiger partial charge in [0.05, 0.1) is 15.3 Å². The van der Waals surface area contributed by atoms with Crippen LogP contribution in [0.1, 0.15) is 90.9 Å². The van der Waals surface area contributed by atoms with E-state index in [1.807, 2.05) is 7.11 Å². The highest BCUT2D eigenvalue weighted by molar-refractivity contribution is 14.2. The second-order valence-corrected chi connectivity index (χ2v) is 12.2. The third-order valence-electron chi connectivity index (χ3n) is 9.09. The van der Waals surface area contributed by atoms with Gasteiger partial charge in [0, 0.05) is 28.3 Å². The second kappa shape index (κ2) is 10.1. The van der Waals surface area contributed by atoms with Gasteiger partial charge in [-0.3, -0.25) is 4.18 Å². The maximum atomic E-state index is 6.59. The smallest absolute Gasteiger partial charge is 0.108 e. The molecule has 0 heterocycles. The summed E-state index contributed by atoms with van der Waals surface area (Å²) in [6, 6.07) is 0. The van der Waals surface area contributed by atoms with Crippen molar-refractivity contribution in [2.75, 3.05) is 7.11 Å². The first-order valence-electron chi connectivity index (χ1n) is 12.3. The maximum absolute atomic E-state index is 6.59. The van der Waals surface area contributed by atoms with Crippen molar-refractivity contribution in [3.8, 4) is 0 Å². The molecule has 4 rings (SSSR count). The molecule has 0 aromatic heterocycles. The van der Waals surface area contributed by atoms with Crippen LogP contribution in [-0.4, -0.2) is 18.8 Å². The standard InChI is InChI=1S/C25H41IO2S/c1-17(2)6-4-5-7-18-8-10-22-21(18)12-13-24-23(22)11-9-19-16-20(27-3)14-15-25(19,24)28-29-26/h9,17-18,20-24H,4-8,10-16H2,1-3H3. The van der Waals surface area contributed by atoms with E-state index < -0.39 is 0 Å². The highest BCUT2D eigenvalue weighted by Crippen LogP contribution is 2.61. The molecular formula is C25H41IO2S. The van der Waals surface area contributed by atoms with Gasteiger partial charge in [-0.05, 0) is 92.4 Å². The number of methoxy groups -OCH3 is 1. The van der Waals surface area contributed by atoms with Gasteiger partial charge >= 0.3 is 0 Å². The molecule has 0 radical (unpaired) electrons. The van der Waals surface area contributed by atoms with E-state index in [4.69, 9.17) is 8.92 Å². The van der Waals surface area contributed by atoms with Crippen LogP contribution in [0, 0.1) is 35.5 Å². The SMILES string of the molecule is COC1CCC2(OSI)C(=CCC3C4CCC(CCCCC(C)C)C4CCC32)C1. The average Bonchev–Trinajstić information content (AvgIpc) is 3.14. The Morgan fingerprint density at radius 2 is 1.93 bits per heavy atom. The summed E-state index contributed by atoms with van der Waals surface area (Å²) in [5.41, 5.74) is 1.58. The lowest BCUT2D eigenvalue weighted by Gasteiger charge is -2.55. The van der Waals surface area contributed by atoms with Crippen molar-refractivity contribution in [2.45, 2.75) is 103 Å². The average molecular weight is 533 g/mol. The molecular weight excluding hydrogens is 491 g/mol. The number of hydrogen-bond donors (Lipinski definition) is 0. The van der Waals surface area contributed by atoms with E-state index in [-0.39, 0.29) is 5.60 Å². The molecule has 29 heavy (non-hydrogen) atoms. The van der Waals surface area contributed by atoms with Gasteiger partial charge in [-0.15, -0.1) is 0 Å². The van der Waals surface area contributed by atoms with Gasteiger partial charge in [0.1, 0.15) is 5.60 Å². The van der Waals surface area contributed by atoms with Crippen LogP contribution in [0.15, 0.2) is 11.6 Å². The summed E-state index contributed by atoms with van der Waals surface area (Å²) in [5, 5.41) is 0. The zero-order chi connectivity index (χ0) is 20.4. The van der Waals surface area contributed by atoms with Crippen molar-refractivity contribution in [1.82, 2.24) is 0 Å². The van der Waals surface area contributed by atoms with Gasteiger partial charge in [0.15, 0.2) is 0 Å². The van der Waals surface area contributed by atoms with Crippen molar-refractivity contribution in [3.63, 3.8) is 0 Å². The quantitative estimate of drug-likeness (QED) is 0.136. The predicted octanol–water partition coefficient (Wildman–Crippen LogP) is 8.15. The molecule has 0 aliphatic heterocycles. The van der Waals surface area contributed by atoms with Crippen LogP contribution in [-0.2, 0) is 8.92 Å². The molecule has 4 aliphatic rings. The molecule has 0 bridgehead atoms. The Morgan fingerprint density at radius 1 is 1.10 bits per heavy atom. The van der Waals surface area contributed by atoms with E-state index >= 15 is 0 Å². The lowest BCUT2D eigenvalue weighted by atomic mass is 9.54. The minimum absolute atomic E-state index is 0.00409. The topological polar surface area (TPSA) is 18.5 Å². The third kappa shape index (κ3) is 4.61. The molecule has 0 aromatic rings. The molecule has 0 amide bonds. The lowest BCUT2D eigenvalue weighted by molar-refractivity contribution is -0.0690. The van der Waals surface area contributed by atoms with Gasteiger partial charge in [-0.1, -0.05) is 45.6 Å². The predicted molar refractivity (Wildman–Crippen MR) is 132 cm³/mol. The molecule has 2 nitrogen and oxygen atoms in total. The normalized spacial score (nSPS) is 41.6. The van der Waals surface area contributed by atoms with Crippen molar-refractivity contribution >= 4 is 30.4 Å². The van der Waals surface area contributed by atoms with Gasteiger partial charge in [0.25, 0.3) is 0 Å². The number of ether oxygens (including phenoxy) is 1. The molecule has 7 unspecified atom stereocenters. The molecule has 0 N–H and O–H groups in total. The lowest BCUT2D eigenvalue weighted by Crippen LogP contribution is -2.54. The zero-order valence-corrected chi connectivity index (χ0v) is 21.7. The van der Waals surface area contributed by atoms with Crippen molar-refractivity contribution < 1.29 is 8.92 Å². The van der Waals surface area contributed by atoms with E-state index in [1.54, 1.807) is 14.8 Å². The number of halogens is 1. The molecule has 0 saturated heterocycles. The molecule has 3 fully saturated rings. The molecule has 3 saturated carbocycles. The van der Waals surface area contributed by atoms with E-state index in [0.717, 1.165) is 54.8 Å². The van der Waals surface area contributed by atoms with Gasteiger partial charge in [-0.2, -0.15) is 0 Å². The molecule has 166 valence electrons. The van der Waals surface area contributed by atoms with Crippen molar-refractivity contribution in [3.05, 3.63) is 11.6 Å². The van der Waals surface area contributed by atoms with Crippen LogP contribution in [0.5, 0.6) is 0 Å². The van der Waals surface area contributed by atoms with Crippen molar-refractivity contribution in [2.24, 2.45) is 35.5 Å². The molecule has 7 atom stereocenters. The summed E-state index contributed by atoms with van der Waals surface area (Å²) in [7, 11) is 3.46. The minimum Gasteiger partial charge on any atom is -0.381 e. The monoisotopic (exact) mass is 532 g/mol. The Bertz CT molecular complexity index is 579. The van der Waals surface area contributed by atoms with Crippen LogP contribution in [0.25, 0.3) is 0 Å². The molecule has 4 aliphatic carbocycles. The third-order valence-corrected chi connectivity index (χ3v) is 9.99. The van der Waals surface area contributed by atoms with Gasteiger partial charge in [-0.25, -0.2) is 0 Å². The maximum Gasteiger partial charge on any atom is 0.108 e. The van der Waals surface area contributed by atoms with Crippen LogP contribution in [0.3, 0.4) is 0 Å². The second-order valence-electron chi connectivity index (χ2n) is 10.8. The fourth-order valence-corrected chi connectivity index (χ4v) is 9.10. The van der Waals surface area contributed by atoms with Crippen molar-refractivity contribution in [1.29, 1.82) is 0 Å². The summed E-state index contributed by atoms with van der Waals surface area (Å²) in [6.07, 6.45) is 19.3. The minimum atomic E-state index is 0.00409. The van der Waals surface area contributed by atoms with Gasteiger partial charge < -0.3 is 4.74 Å². The highest BCUT2D eigenvalue weighted by Gasteiger charge is 2.57. The summed E-state index contributed by atoms with van der Waals surface area (Å²) < 4.78 is 12.3. The van der Waals surface area contributed by atoms with Gasteiger partial charge in [0.2, 0.25) is 0 Å².